The summed E-state index contributed by atoms with van der Waals surface area (Å²) in [7, 11) is -3.73. The van der Waals surface area contributed by atoms with E-state index in [4.69, 9.17) is 9.47 Å². The molecule has 1 aromatic carbocycles. The van der Waals surface area contributed by atoms with E-state index in [0.29, 0.717) is 5.56 Å². The summed E-state index contributed by atoms with van der Waals surface area (Å²) in [4.78, 5) is 10.5. The molecule has 3 N–H and O–H groups in total. The molecule has 0 unspecified atom stereocenters. The molecular weight excluding hydrogens is 393 g/mol. The topological polar surface area (TPSA) is 114 Å². The number of nitrogens with one attached hydrogen (secondary N) is 2. The zero-order valence-electron chi connectivity index (χ0n) is 14.5. The van der Waals surface area contributed by atoms with E-state index in [-0.39, 0.29) is 50.2 Å². The van der Waals surface area contributed by atoms with Gasteiger partial charge in [-0.15, -0.1) is 0 Å². The average molecular weight is 414 g/mol. The Morgan fingerprint density at radius 3 is 2.26 bits per heavy atom. The van der Waals surface area contributed by atoms with Crippen molar-refractivity contribution in [2.75, 3.05) is 39.5 Å². The number of alkyl halides is 3. The van der Waals surface area contributed by atoms with Gasteiger partial charge >= 0.3 is 12.1 Å². The van der Waals surface area contributed by atoms with E-state index in [1.54, 1.807) is 12.2 Å². The van der Waals surface area contributed by atoms with E-state index in [1.807, 2.05) is 0 Å². The second-order valence-electron chi connectivity index (χ2n) is 5.32. The molecule has 0 atom stereocenters. The number of aryl methyl sites for hydroxylation is 1. The molecule has 1 amide bonds. The highest BCUT2D eigenvalue weighted by Crippen LogP contribution is 2.19. The van der Waals surface area contributed by atoms with Crippen molar-refractivity contribution in [1.82, 2.24) is 10.0 Å². The summed E-state index contributed by atoms with van der Waals surface area (Å²) in [5.41, 5.74) is 0.428. The summed E-state index contributed by atoms with van der Waals surface area (Å²) in [5, 5.41) is 11.1. The molecule has 0 saturated carbocycles. The molecule has 0 aliphatic heterocycles. The van der Waals surface area contributed by atoms with Crippen LogP contribution in [-0.2, 0) is 24.3 Å². The number of aromatic hydroxyl groups is 1. The number of rotatable bonds is 11. The Hall–Kier alpha value is -1.89. The first-order chi connectivity index (χ1) is 12.5. The Kier molecular flexibility index (Phi) is 8.96. The van der Waals surface area contributed by atoms with E-state index >= 15 is 0 Å². The Morgan fingerprint density at radius 1 is 1.11 bits per heavy atom. The van der Waals surface area contributed by atoms with E-state index in [9.17, 15) is 31.5 Å². The molecule has 0 aromatic heterocycles. The fraction of sp³-hybridized carbons (Fsp3) is 0.533. The number of sulfonamides is 1. The molecule has 0 radical (unpaired) electrons. The lowest BCUT2D eigenvalue weighted by Gasteiger charge is -2.10. The first-order valence-electron chi connectivity index (χ1n) is 7.84. The second kappa shape index (κ2) is 10.4. The molecule has 0 spiro atoms. The van der Waals surface area contributed by atoms with Gasteiger partial charge < -0.3 is 19.9 Å². The smallest absolute Gasteiger partial charge is 0.471 e. The molecule has 154 valence electrons. The Bertz CT molecular complexity index is 725. The van der Waals surface area contributed by atoms with Gasteiger partial charge in [-0.05, 0) is 30.7 Å². The Morgan fingerprint density at radius 2 is 1.70 bits per heavy atom. The van der Waals surface area contributed by atoms with Gasteiger partial charge in [0.2, 0.25) is 10.0 Å². The monoisotopic (exact) mass is 414 g/mol. The number of hydrogen-bond donors (Lipinski definition) is 3. The lowest BCUT2D eigenvalue weighted by Crippen LogP contribution is -2.38. The zero-order chi connectivity index (χ0) is 20.5. The van der Waals surface area contributed by atoms with Gasteiger partial charge in [0.05, 0.1) is 31.3 Å². The molecule has 0 aliphatic carbocycles. The van der Waals surface area contributed by atoms with Crippen molar-refractivity contribution in [1.29, 1.82) is 0 Å². The van der Waals surface area contributed by atoms with Gasteiger partial charge in [-0.3, -0.25) is 4.79 Å². The van der Waals surface area contributed by atoms with E-state index in [0.717, 1.165) is 0 Å². The predicted molar refractivity (Wildman–Crippen MR) is 88.7 cm³/mol. The Balaban J connectivity index is 2.12. The number of hydrogen-bond acceptors (Lipinski definition) is 6. The van der Waals surface area contributed by atoms with Crippen molar-refractivity contribution in [2.45, 2.75) is 18.0 Å². The van der Waals surface area contributed by atoms with E-state index in [1.165, 1.54) is 18.2 Å². The van der Waals surface area contributed by atoms with Crippen molar-refractivity contribution >= 4 is 15.9 Å². The van der Waals surface area contributed by atoms with Crippen LogP contribution in [0.3, 0.4) is 0 Å². The number of carbonyl (C=O) groups excluding carboxylic acids is 1. The fourth-order valence-corrected chi connectivity index (χ4v) is 2.88. The minimum absolute atomic E-state index is 0.00387. The number of amides is 1. The van der Waals surface area contributed by atoms with Gasteiger partial charge in [0, 0.05) is 13.1 Å². The summed E-state index contributed by atoms with van der Waals surface area (Å²) in [5.74, 6) is -2.03. The molecule has 0 bridgehead atoms. The molecule has 12 heteroatoms. The van der Waals surface area contributed by atoms with Crippen LogP contribution in [0.15, 0.2) is 23.1 Å². The minimum atomic E-state index is -4.92. The predicted octanol–water partition coefficient (Wildman–Crippen LogP) is 0.691. The number of benzene rings is 1. The number of halogens is 3. The van der Waals surface area contributed by atoms with Crippen molar-refractivity contribution < 1.29 is 41.0 Å². The van der Waals surface area contributed by atoms with Crippen molar-refractivity contribution in [3.63, 3.8) is 0 Å². The second-order valence-corrected chi connectivity index (χ2v) is 7.09. The lowest BCUT2D eigenvalue weighted by molar-refractivity contribution is -0.173. The van der Waals surface area contributed by atoms with Crippen molar-refractivity contribution in [3.8, 4) is 5.75 Å². The summed E-state index contributed by atoms with van der Waals surface area (Å²) in [6, 6.07) is 3.90. The van der Waals surface area contributed by atoms with Gasteiger partial charge in [-0.1, -0.05) is 0 Å². The van der Waals surface area contributed by atoms with Crippen LogP contribution in [0.4, 0.5) is 13.2 Å². The number of carbonyl (C=O) groups is 1. The minimum Gasteiger partial charge on any atom is -0.508 e. The highest BCUT2D eigenvalue weighted by molar-refractivity contribution is 7.89. The quantitative estimate of drug-likeness (QED) is 0.459. The maximum Gasteiger partial charge on any atom is 0.471 e. The number of phenols is 1. The molecule has 27 heavy (non-hydrogen) atoms. The normalized spacial score (nSPS) is 12.1. The third kappa shape index (κ3) is 8.56. The molecule has 1 aromatic rings. The van der Waals surface area contributed by atoms with E-state index in [2.05, 4.69) is 4.72 Å². The zero-order valence-corrected chi connectivity index (χ0v) is 15.3. The van der Waals surface area contributed by atoms with Gasteiger partial charge in [0.25, 0.3) is 0 Å². The highest BCUT2D eigenvalue weighted by Gasteiger charge is 2.38. The van der Waals surface area contributed by atoms with Gasteiger partial charge in [-0.2, -0.15) is 13.2 Å². The average Bonchev–Trinajstić information content (AvgIpc) is 2.57. The first-order valence-corrected chi connectivity index (χ1v) is 9.32. The maximum absolute atomic E-state index is 12.0. The van der Waals surface area contributed by atoms with Gasteiger partial charge in [-0.25, -0.2) is 13.1 Å². The maximum atomic E-state index is 12.0. The molecule has 0 heterocycles. The summed E-state index contributed by atoms with van der Waals surface area (Å²) >= 11 is 0. The molecule has 0 aliphatic rings. The van der Waals surface area contributed by atoms with E-state index < -0.39 is 22.1 Å². The first kappa shape index (κ1) is 23.1. The molecule has 0 saturated heterocycles. The van der Waals surface area contributed by atoms with Crippen molar-refractivity contribution in [3.05, 3.63) is 23.8 Å². The summed E-state index contributed by atoms with van der Waals surface area (Å²) in [6.07, 6.45) is -4.92. The molecule has 1 rings (SSSR count). The lowest BCUT2D eigenvalue weighted by atomic mass is 10.2. The highest BCUT2D eigenvalue weighted by atomic mass is 32.2. The fourth-order valence-electron chi connectivity index (χ4n) is 1.79. The summed E-state index contributed by atoms with van der Waals surface area (Å²) < 4.78 is 72.2. The van der Waals surface area contributed by atoms with Crippen LogP contribution < -0.4 is 10.0 Å². The van der Waals surface area contributed by atoms with Crippen LogP contribution in [-0.4, -0.2) is 65.1 Å². The van der Waals surface area contributed by atoms with Crippen LogP contribution >= 0.6 is 0 Å². The summed E-state index contributed by atoms with van der Waals surface area (Å²) in [6.45, 7) is 1.42. The number of phenolic OH excluding ortho intramolecular Hbond substituents is 1. The largest absolute Gasteiger partial charge is 0.508 e. The Labute approximate surface area is 154 Å². The number of ether oxygens (including phenoxy) is 2. The van der Waals surface area contributed by atoms with Gasteiger partial charge in [0.1, 0.15) is 5.75 Å². The van der Waals surface area contributed by atoms with Crippen LogP contribution in [0.5, 0.6) is 5.75 Å². The third-order valence-corrected chi connectivity index (χ3v) is 4.64. The van der Waals surface area contributed by atoms with Crippen LogP contribution in [0, 0.1) is 6.92 Å². The SMILES string of the molecule is Cc1cc(S(=O)(=O)NCCOCCOCCNC(=O)C(F)(F)F)ccc1O. The van der Waals surface area contributed by atoms with Crippen LogP contribution in [0.2, 0.25) is 0 Å². The van der Waals surface area contributed by atoms with Crippen LogP contribution in [0.1, 0.15) is 5.56 Å². The van der Waals surface area contributed by atoms with Crippen LogP contribution in [0.25, 0.3) is 0 Å². The molecule has 8 nitrogen and oxygen atoms in total. The third-order valence-electron chi connectivity index (χ3n) is 3.18. The van der Waals surface area contributed by atoms with Gasteiger partial charge in [0.15, 0.2) is 0 Å². The van der Waals surface area contributed by atoms with Crippen molar-refractivity contribution in [2.24, 2.45) is 0 Å². The molecule has 0 fully saturated rings. The molecular formula is C15H21F3N2O6S. The standard InChI is InChI=1S/C15H21F3N2O6S/c1-11-10-12(2-3-13(11)21)27(23,24)20-5-7-26-9-8-25-6-4-19-14(22)15(16,17)18/h2-3,10,20-21H,4-9H2,1H3,(H,19,22).